The number of benzene rings is 3. The number of methoxy groups -OCH3 is 2. The zero-order valence-corrected chi connectivity index (χ0v) is 19.5. The van der Waals surface area contributed by atoms with Crippen LogP contribution in [0.3, 0.4) is 0 Å². The Morgan fingerprint density at radius 2 is 1.64 bits per heavy atom. The molecule has 5 nitrogen and oxygen atoms in total. The molecule has 33 heavy (non-hydrogen) atoms. The Bertz CT molecular complexity index is 1090. The third kappa shape index (κ3) is 5.37. The van der Waals surface area contributed by atoms with Gasteiger partial charge in [0.25, 0.3) is 0 Å². The summed E-state index contributed by atoms with van der Waals surface area (Å²) in [4.78, 5) is 5.09. The maximum atomic E-state index is 11.3. The summed E-state index contributed by atoms with van der Waals surface area (Å²) in [5.74, 6) is 2.21. The smallest absolute Gasteiger partial charge is 0.119 e. The van der Waals surface area contributed by atoms with Crippen molar-refractivity contribution in [3.05, 3.63) is 89.5 Å². The molecule has 0 spiro atoms. The van der Waals surface area contributed by atoms with Crippen LogP contribution in [0.1, 0.15) is 48.6 Å². The molecule has 172 valence electrons. The lowest BCUT2D eigenvalue weighted by atomic mass is 9.85. The van der Waals surface area contributed by atoms with Crippen LogP contribution < -0.4 is 14.8 Å². The molecule has 0 bridgehead atoms. The highest BCUT2D eigenvalue weighted by Crippen LogP contribution is 2.38. The average molecular weight is 445 g/mol. The molecule has 0 amide bonds. The van der Waals surface area contributed by atoms with E-state index >= 15 is 0 Å². The average Bonchev–Trinajstić information content (AvgIpc) is 2.88. The fourth-order valence-corrected chi connectivity index (χ4v) is 4.35. The highest BCUT2D eigenvalue weighted by molar-refractivity contribution is 5.98. The number of aryl methyl sites for hydroxylation is 1. The van der Waals surface area contributed by atoms with Crippen LogP contribution in [0, 0.1) is 5.92 Å². The van der Waals surface area contributed by atoms with E-state index in [0.717, 1.165) is 53.4 Å². The first-order valence-electron chi connectivity index (χ1n) is 11.5. The molecule has 0 saturated carbocycles. The first-order valence-corrected chi connectivity index (χ1v) is 11.5. The molecule has 4 rings (SSSR count). The highest BCUT2D eigenvalue weighted by Gasteiger charge is 2.32. The minimum Gasteiger partial charge on any atom is -0.497 e. The monoisotopic (exact) mass is 444 g/mol. The van der Waals surface area contributed by atoms with Crippen LogP contribution in [0.2, 0.25) is 0 Å². The molecule has 2 N–H and O–H groups in total. The van der Waals surface area contributed by atoms with Crippen LogP contribution in [-0.2, 0) is 6.42 Å². The SMILES string of the molecule is CCc1ccc(NC2=NC(c3cccc(OC)c3)CCC2C(O)c2cccc(OC)c2)cc1. The Balaban J connectivity index is 1.66. The van der Waals surface area contributed by atoms with Crippen molar-refractivity contribution in [3.63, 3.8) is 0 Å². The van der Waals surface area contributed by atoms with Crippen molar-refractivity contribution in [2.75, 3.05) is 19.5 Å². The number of rotatable bonds is 7. The lowest BCUT2D eigenvalue weighted by Gasteiger charge is -2.32. The van der Waals surface area contributed by atoms with Gasteiger partial charge in [0.1, 0.15) is 17.3 Å². The fourth-order valence-electron chi connectivity index (χ4n) is 4.35. The van der Waals surface area contributed by atoms with Gasteiger partial charge in [-0.15, -0.1) is 0 Å². The molecular formula is C28H32N2O3. The molecule has 1 aliphatic rings. The van der Waals surface area contributed by atoms with Crippen molar-refractivity contribution in [3.8, 4) is 11.5 Å². The van der Waals surface area contributed by atoms with Crippen molar-refractivity contribution in [2.24, 2.45) is 10.9 Å². The summed E-state index contributed by atoms with van der Waals surface area (Å²) in [6, 6.07) is 24.1. The molecule has 0 fully saturated rings. The quantitative estimate of drug-likeness (QED) is 0.472. The summed E-state index contributed by atoms with van der Waals surface area (Å²) in [6.07, 6.45) is 1.96. The summed E-state index contributed by atoms with van der Waals surface area (Å²) < 4.78 is 10.8. The van der Waals surface area contributed by atoms with E-state index in [2.05, 4.69) is 42.6 Å². The topological polar surface area (TPSA) is 63.1 Å². The maximum Gasteiger partial charge on any atom is 0.119 e. The van der Waals surface area contributed by atoms with E-state index in [9.17, 15) is 5.11 Å². The van der Waals surface area contributed by atoms with Gasteiger partial charge in [-0.2, -0.15) is 0 Å². The van der Waals surface area contributed by atoms with Gasteiger partial charge in [-0.25, -0.2) is 0 Å². The zero-order chi connectivity index (χ0) is 23.2. The number of aliphatic hydroxyl groups is 1. The molecule has 3 aromatic carbocycles. The minimum atomic E-state index is -0.687. The number of nitrogens with one attached hydrogen (secondary N) is 1. The van der Waals surface area contributed by atoms with E-state index in [-0.39, 0.29) is 12.0 Å². The van der Waals surface area contributed by atoms with Gasteiger partial charge < -0.3 is 19.9 Å². The largest absolute Gasteiger partial charge is 0.497 e. The molecule has 3 aromatic rings. The first-order chi connectivity index (χ1) is 16.1. The number of aliphatic imine (C=N–C) groups is 1. The normalized spacial score (nSPS) is 18.8. The molecule has 1 aliphatic heterocycles. The molecule has 0 saturated heterocycles. The molecule has 0 radical (unpaired) electrons. The predicted octanol–water partition coefficient (Wildman–Crippen LogP) is 5.96. The van der Waals surface area contributed by atoms with Crippen LogP contribution in [0.4, 0.5) is 5.69 Å². The first kappa shape index (κ1) is 22.9. The number of ether oxygens (including phenoxy) is 2. The lowest BCUT2D eigenvalue weighted by Crippen LogP contribution is -2.32. The number of amidine groups is 1. The van der Waals surface area contributed by atoms with Crippen molar-refractivity contribution in [1.82, 2.24) is 0 Å². The predicted molar refractivity (Wildman–Crippen MR) is 133 cm³/mol. The molecule has 3 atom stereocenters. The Labute approximate surface area is 196 Å². The van der Waals surface area contributed by atoms with Gasteiger partial charge in [-0.1, -0.05) is 43.3 Å². The van der Waals surface area contributed by atoms with Crippen LogP contribution in [0.15, 0.2) is 77.8 Å². The standard InChI is InChI=1S/C28H32N2O3/c1-4-19-11-13-22(14-12-19)29-28-25(27(31)21-8-6-10-24(18-21)33-3)15-16-26(30-28)20-7-5-9-23(17-20)32-2/h5-14,17-18,25-27,31H,4,15-16H2,1-3H3,(H,29,30). The van der Waals surface area contributed by atoms with Gasteiger partial charge >= 0.3 is 0 Å². The number of hydrogen-bond acceptors (Lipinski definition) is 5. The minimum absolute atomic E-state index is 0.00581. The van der Waals surface area contributed by atoms with E-state index in [0.29, 0.717) is 0 Å². The van der Waals surface area contributed by atoms with Gasteiger partial charge in [0.2, 0.25) is 0 Å². The molecule has 1 heterocycles. The Morgan fingerprint density at radius 3 is 2.33 bits per heavy atom. The molecule has 5 heteroatoms. The second-order valence-corrected chi connectivity index (χ2v) is 8.39. The van der Waals surface area contributed by atoms with E-state index in [1.54, 1.807) is 14.2 Å². The summed E-state index contributed by atoms with van der Waals surface area (Å²) in [5, 5.41) is 14.9. The van der Waals surface area contributed by atoms with Crippen molar-refractivity contribution in [2.45, 2.75) is 38.3 Å². The van der Waals surface area contributed by atoms with Crippen LogP contribution >= 0.6 is 0 Å². The summed E-state index contributed by atoms with van der Waals surface area (Å²) in [6.45, 7) is 2.15. The van der Waals surface area contributed by atoms with E-state index in [4.69, 9.17) is 14.5 Å². The number of anilines is 1. The second kappa shape index (κ2) is 10.5. The highest BCUT2D eigenvalue weighted by atomic mass is 16.5. The third-order valence-electron chi connectivity index (χ3n) is 6.33. The van der Waals surface area contributed by atoms with E-state index < -0.39 is 6.10 Å². The fraction of sp³-hybridized carbons (Fsp3) is 0.321. The Kier molecular flexibility index (Phi) is 7.30. The van der Waals surface area contributed by atoms with E-state index in [1.807, 2.05) is 42.5 Å². The lowest BCUT2D eigenvalue weighted by molar-refractivity contribution is 0.129. The molecule has 3 unspecified atom stereocenters. The van der Waals surface area contributed by atoms with Gasteiger partial charge in [-0.3, -0.25) is 4.99 Å². The summed E-state index contributed by atoms with van der Waals surface area (Å²) in [7, 11) is 3.32. The van der Waals surface area contributed by atoms with Gasteiger partial charge in [0.05, 0.1) is 26.4 Å². The van der Waals surface area contributed by atoms with Crippen molar-refractivity contribution < 1.29 is 14.6 Å². The van der Waals surface area contributed by atoms with Gasteiger partial charge in [-0.05, 0) is 72.4 Å². The Morgan fingerprint density at radius 1 is 0.939 bits per heavy atom. The second-order valence-electron chi connectivity index (χ2n) is 8.39. The number of hydrogen-bond donors (Lipinski definition) is 2. The zero-order valence-electron chi connectivity index (χ0n) is 19.5. The third-order valence-corrected chi connectivity index (χ3v) is 6.33. The van der Waals surface area contributed by atoms with Gasteiger partial charge in [0, 0.05) is 11.6 Å². The number of aliphatic hydroxyl groups excluding tert-OH is 1. The van der Waals surface area contributed by atoms with Crippen LogP contribution in [-0.4, -0.2) is 25.2 Å². The van der Waals surface area contributed by atoms with Crippen molar-refractivity contribution >= 4 is 11.5 Å². The van der Waals surface area contributed by atoms with Crippen molar-refractivity contribution in [1.29, 1.82) is 0 Å². The molecular weight excluding hydrogens is 412 g/mol. The summed E-state index contributed by atoms with van der Waals surface area (Å²) in [5.41, 5.74) is 4.20. The maximum absolute atomic E-state index is 11.3. The van der Waals surface area contributed by atoms with Gasteiger partial charge in [0.15, 0.2) is 0 Å². The summed E-state index contributed by atoms with van der Waals surface area (Å²) >= 11 is 0. The molecule has 0 aliphatic carbocycles. The van der Waals surface area contributed by atoms with Crippen LogP contribution in [0.25, 0.3) is 0 Å². The Hall–Kier alpha value is -3.31. The number of nitrogens with zero attached hydrogens (tertiary/aromatic N) is 1. The molecule has 0 aromatic heterocycles. The van der Waals surface area contributed by atoms with E-state index in [1.165, 1.54) is 5.56 Å². The van der Waals surface area contributed by atoms with Crippen LogP contribution in [0.5, 0.6) is 11.5 Å².